The molecule has 2 aliphatic rings. The van der Waals surface area contributed by atoms with E-state index >= 15 is 0 Å². The van der Waals surface area contributed by atoms with E-state index in [1.807, 2.05) is 23.1 Å². The highest BCUT2D eigenvalue weighted by Gasteiger charge is 2.34. The van der Waals surface area contributed by atoms with Crippen molar-refractivity contribution in [2.45, 2.75) is 38.3 Å². The van der Waals surface area contributed by atoms with Crippen LogP contribution in [-0.4, -0.2) is 34.9 Å². The first kappa shape index (κ1) is 14.0. The normalized spacial score (nSPS) is 20.1. The lowest BCUT2D eigenvalue weighted by atomic mass is 10.0. The molecular formula is C15H20BrN3O. The molecule has 1 amide bonds. The van der Waals surface area contributed by atoms with Crippen LogP contribution in [0, 0.1) is 5.92 Å². The van der Waals surface area contributed by atoms with Gasteiger partial charge in [0.1, 0.15) is 4.60 Å². The second-order valence-electron chi connectivity index (χ2n) is 5.71. The zero-order valence-corrected chi connectivity index (χ0v) is 13.1. The Kier molecular flexibility index (Phi) is 4.36. The van der Waals surface area contributed by atoms with Gasteiger partial charge >= 0.3 is 0 Å². The molecule has 0 radical (unpaired) electrons. The van der Waals surface area contributed by atoms with Gasteiger partial charge in [0, 0.05) is 31.6 Å². The van der Waals surface area contributed by atoms with E-state index in [0.29, 0.717) is 17.9 Å². The highest BCUT2D eigenvalue weighted by atomic mass is 79.9. The molecule has 20 heavy (non-hydrogen) atoms. The molecule has 1 saturated carbocycles. The van der Waals surface area contributed by atoms with Crippen LogP contribution in [-0.2, 0) is 11.3 Å². The Labute approximate surface area is 128 Å². The first-order chi connectivity index (χ1) is 9.72. The minimum absolute atomic E-state index is 0.352. The summed E-state index contributed by atoms with van der Waals surface area (Å²) in [6, 6.07) is 6.47. The summed E-state index contributed by atoms with van der Waals surface area (Å²) in [5.41, 5.74) is 1.05. The summed E-state index contributed by atoms with van der Waals surface area (Å²) < 4.78 is 0.877. The summed E-state index contributed by atoms with van der Waals surface area (Å²) in [5, 5.41) is 3.55. The molecule has 0 atom stereocenters. The minimum atomic E-state index is 0.352. The van der Waals surface area contributed by atoms with Gasteiger partial charge in [0.05, 0.1) is 5.69 Å². The summed E-state index contributed by atoms with van der Waals surface area (Å²) in [4.78, 5) is 18.4. The Morgan fingerprint density at radius 1 is 1.30 bits per heavy atom. The van der Waals surface area contributed by atoms with Gasteiger partial charge in [-0.05, 0) is 53.7 Å². The van der Waals surface area contributed by atoms with Gasteiger partial charge in [-0.15, -0.1) is 0 Å². The van der Waals surface area contributed by atoms with E-state index in [-0.39, 0.29) is 0 Å². The van der Waals surface area contributed by atoms with Crippen molar-refractivity contribution in [1.82, 2.24) is 15.2 Å². The Morgan fingerprint density at radius 3 is 2.70 bits per heavy atom. The van der Waals surface area contributed by atoms with Crippen molar-refractivity contribution in [2.75, 3.05) is 13.1 Å². The summed E-state index contributed by atoms with van der Waals surface area (Å²) in [7, 11) is 0. The van der Waals surface area contributed by atoms with Crippen LogP contribution >= 0.6 is 15.9 Å². The number of hydrogen-bond acceptors (Lipinski definition) is 3. The average molecular weight is 338 g/mol. The molecule has 108 valence electrons. The average Bonchev–Trinajstić information content (AvgIpc) is 3.30. The Bertz CT molecular complexity index is 482. The monoisotopic (exact) mass is 337 g/mol. The summed E-state index contributed by atoms with van der Waals surface area (Å²) >= 11 is 3.39. The van der Waals surface area contributed by atoms with Crippen molar-refractivity contribution in [3.63, 3.8) is 0 Å². The Morgan fingerprint density at radius 2 is 2.05 bits per heavy atom. The van der Waals surface area contributed by atoms with Crippen LogP contribution in [0.15, 0.2) is 22.8 Å². The molecule has 5 heteroatoms. The van der Waals surface area contributed by atoms with Crippen molar-refractivity contribution >= 4 is 21.8 Å². The fourth-order valence-corrected chi connectivity index (χ4v) is 3.07. The number of carbonyl (C=O) groups excluding carboxylic acids is 1. The van der Waals surface area contributed by atoms with Crippen LogP contribution in [0.5, 0.6) is 0 Å². The molecule has 1 N–H and O–H groups in total. The number of amides is 1. The van der Waals surface area contributed by atoms with Gasteiger partial charge in [-0.3, -0.25) is 4.79 Å². The maximum atomic E-state index is 12.0. The number of piperidine rings is 1. The third-order valence-electron chi connectivity index (χ3n) is 4.08. The topological polar surface area (TPSA) is 45.2 Å². The first-order valence-corrected chi connectivity index (χ1v) is 8.15. The van der Waals surface area contributed by atoms with Gasteiger partial charge in [0.15, 0.2) is 0 Å². The molecule has 2 heterocycles. The van der Waals surface area contributed by atoms with Crippen molar-refractivity contribution in [1.29, 1.82) is 0 Å². The molecule has 0 aromatic carbocycles. The molecule has 1 aliphatic heterocycles. The van der Waals surface area contributed by atoms with Crippen LogP contribution < -0.4 is 5.32 Å². The highest BCUT2D eigenvalue weighted by molar-refractivity contribution is 9.10. The van der Waals surface area contributed by atoms with E-state index < -0.39 is 0 Å². The van der Waals surface area contributed by atoms with Crippen LogP contribution in [0.4, 0.5) is 0 Å². The predicted octanol–water partition coefficient (Wildman–Crippen LogP) is 2.33. The third-order valence-corrected chi connectivity index (χ3v) is 4.52. The molecular weight excluding hydrogens is 318 g/mol. The smallest absolute Gasteiger partial charge is 0.225 e. The van der Waals surface area contributed by atoms with E-state index in [0.717, 1.165) is 55.6 Å². The zero-order valence-electron chi connectivity index (χ0n) is 11.5. The summed E-state index contributed by atoms with van der Waals surface area (Å²) in [6.07, 6.45) is 4.30. The van der Waals surface area contributed by atoms with Gasteiger partial charge in [0.25, 0.3) is 0 Å². The fourth-order valence-electron chi connectivity index (χ4n) is 2.69. The zero-order chi connectivity index (χ0) is 13.9. The number of halogens is 1. The minimum Gasteiger partial charge on any atom is -0.342 e. The molecule has 1 aromatic heterocycles. The van der Waals surface area contributed by atoms with Crippen molar-refractivity contribution in [3.8, 4) is 0 Å². The number of aromatic nitrogens is 1. The molecule has 4 nitrogen and oxygen atoms in total. The van der Waals surface area contributed by atoms with Gasteiger partial charge in [-0.2, -0.15) is 0 Å². The summed E-state index contributed by atoms with van der Waals surface area (Å²) in [6.45, 7) is 2.60. The number of nitrogens with zero attached hydrogens (tertiary/aromatic N) is 2. The lowest BCUT2D eigenvalue weighted by Gasteiger charge is -2.32. The van der Waals surface area contributed by atoms with E-state index in [1.165, 1.54) is 0 Å². The van der Waals surface area contributed by atoms with E-state index in [1.54, 1.807) is 0 Å². The predicted molar refractivity (Wildman–Crippen MR) is 81.1 cm³/mol. The van der Waals surface area contributed by atoms with E-state index in [2.05, 4.69) is 26.2 Å². The number of likely N-dealkylation sites (tertiary alicyclic amines) is 1. The van der Waals surface area contributed by atoms with Crippen molar-refractivity contribution < 1.29 is 4.79 Å². The van der Waals surface area contributed by atoms with Crippen LogP contribution in [0.2, 0.25) is 0 Å². The lowest BCUT2D eigenvalue weighted by Crippen LogP contribution is -2.45. The van der Waals surface area contributed by atoms with Crippen LogP contribution in [0.3, 0.4) is 0 Å². The highest BCUT2D eigenvalue weighted by Crippen LogP contribution is 2.31. The first-order valence-electron chi connectivity index (χ1n) is 7.36. The number of carbonyl (C=O) groups is 1. The summed E-state index contributed by atoms with van der Waals surface area (Å²) in [5.74, 6) is 0.738. The standard InChI is InChI=1S/C15H20BrN3O/c16-14-3-1-2-13(18-14)10-17-12-6-8-19(9-7-12)15(20)11-4-5-11/h1-3,11-12,17H,4-10H2. The Balaban J connectivity index is 1.43. The van der Waals surface area contributed by atoms with Crippen LogP contribution in [0.25, 0.3) is 0 Å². The number of nitrogens with one attached hydrogen (secondary N) is 1. The second-order valence-corrected chi connectivity index (χ2v) is 6.52. The number of hydrogen-bond donors (Lipinski definition) is 1. The maximum Gasteiger partial charge on any atom is 0.225 e. The van der Waals surface area contributed by atoms with Gasteiger partial charge in [-0.1, -0.05) is 6.07 Å². The maximum absolute atomic E-state index is 12.0. The van der Waals surface area contributed by atoms with Gasteiger partial charge in [-0.25, -0.2) is 4.98 Å². The SMILES string of the molecule is O=C(C1CC1)N1CCC(NCc2cccc(Br)n2)CC1. The fraction of sp³-hybridized carbons (Fsp3) is 0.600. The van der Waals surface area contributed by atoms with Crippen molar-refractivity contribution in [2.24, 2.45) is 5.92 Å². The van der Waals surface area contributed by atoms with E-state index in [9.17, 15) is 4.79 Å². The second kappa shape index (κ2) is 6.22. The van der Waals surface area contributed by atoms with E-state index in [4.69, 9.17) is 0 Å². The quantitative estimate of drug-likeness (QED) is 0.857. The molecule has 3 rings (SSSR count). The molecule has 0 spiro atoms. The van der Waals surface area contributed by atoms with Gasteiger partial charge in [0.2, 0.25) is 5.91 Å². The number of rotatable bonds is 4. The molecule has 2 fully saturated rings. The molecule has 1 saturated heterocycles. The van der Waals surface area contributed by atoms with Crippen molar-refractivity contribution in [3.05, 3.63) is 28.5 Å². The molecule has 0 bridgehead atoms. The lowest BCUT2D eigenvalue weighted by molar-refractivity contribution is -0.133. The number of pyridine rings is 1. The Hall–Kier alpha value is -0.940. The molecule has 0 unspecified atom stereocenters. The largest absolute Gasteiger partial charge is 0.342 e. The third kappa shape index (κ3) is 3.58. The molecule has 1 aromatic rings. The molecule has 1 aliphatic carbocycles. The van der Waals surface area contributed by atoms with Gasteiger partial charge < -0.3 is 10.2 Å². The van der Waals surface area contributed by atoms with Crippen LogP contribution in [0.1, 0.15) is 31.4 Å².